The van der Waals surface area contributed by atoms with Gasteiger partial charge in [-0.25, -0.2) is 0 Å². The van der Waals surface area contributed by atoms with E-state index in [0.717, 1.165) is 41.5 Å². The standard InChI is InChI=1S/C16H23BrN6O/c1-3-15-22-21-12-23(15)9-7-19-16(18-2)20-8-10-24-14-6-4-5-13(17)11-14/h4-6,11-12H,3,7-10H2,1-2H3,(H2,18,19,20). The van der Waals surface area contributed by atoms with Gasteiger partial charge in [-0.3, -0.25) is 4.99 Å². The predicted molar refractivity (Wildman–Crippen MR) is 98.4 cm³/mol. The number of nitrogens with one attached hydrogen (secondary N) is 2. The molecule has 0 aliphatic rings. The Balaban J connectivity index is 1.65. The molecule has 2 aromatic rings. The lowest BCUT2D eigenvalue weighted by molar-refractivity contribution is 0.321. The number of guanidine groups is 1. The highest BCUT2D eigenvalue weighted by Gasteiger charge is 2.02. The van der Waals surface area contributed by atoms with Crippen molar-refractivity contribution in [1.29, 1.82) is 0 Å². The molecule has 2 N–H and O–H groups in total. The Morgan fingerprint density at radius 3 is 2.92 bits per heavy atom. The van der Waals surface area contributed by atoms with E-state index in [1.807, 2.05) is 28.8 Å². The maximum absolute atomic E-state index is 5.68. The fourth-order valence-electron chi connectivity index (χ4n) is 2.15. The van der Waals surface area contributed by atoms with E-state index in [-0.39, 0.29) is 0 Å². The maximum Gasteiger partial charge on any atom is 0.191 e. The summed E-state index contributed by atoms with van der Waals surface area (Å²) >= 11 is 3.42. The van der Waals surface area contributed by atoms with Crippen LogP contribution >= 0.6 is 15.9 Å². The molecule has 0 saturated heterocycles. The van der Waals surface area contributed by atoms with Crippen LogP contribution in [0.15, 0.2) is 40.1 Å². The lowest BCUT2D eigenvalue weighted by Crippen LogP contribution is -2.40. The number of hydrogen-bond donors (Lipinski definition) is 2. The van der Waals surface area contributed by atoms with Gasteiger partial charge in [-0.05, 0) is 18.2 Å². The van der Waals surface area contributed by atoms with E-state index in [1.54, 1.807) is 13.4 Å². The zero-order chi connectivity index (χ0) is 17.2. The molecule has 0 radical (unpaired) electrons. The number of hydrogen-bond acceptors (Lipinski definition) is 4. The van der Waals surface area contributed by atoms with Crippen LogP contribution < -0.4 is 15.4 Å². The van der Waals surface area contributed by atoms with E-state index in [9.17, 15) is 0 Å². The largest absolute Gasteiger partial charge is 0.492 e. The summed E-state index contributed by atoms with van der Waals surface area (Å²) in [5.74, 6) is 2.58. The molecule has 0 bridgehead atoms. The van der Waals surface area contributed by atoms with Crippen LogP contribution in [0.3, 0.4) is 0 Å². The third-order valence-corrected chi connectivity index (χ3v) is 3.83. The molecule has 0 fully saturated rings. The number of aryl methyl sites for hydroxylation is 1. The fourth-order valence-corrected chi connectivity index (χ4v) is 2.53. The van der Waals surface area contributed by atoms with Crippen molar-refractivity contribution in [3.05, 3.63) is 40.9 Å². The van der Waals surface area contributed by atoms with Crippen LogP contribution in [0.25, 0.3) is 0 Å². The summed E-state index contributed by atoms with van der Waals surface area (Å²) in [4.78, 5) is 4.20. The van der Waals surface area contributed by atoms with Gasteiger partial charge in [-0.1, -0.05) is 28.9 Å². The van der Waals surface area contributed by atoms with Gasteiger partial charge in [0.2, 0.25) is 0 Å². The Kier molecular flexibility index (Phi) is 7.54. The minimum absolute atomic E-state index is 0.558. The van der Waals surface area contributed by atoms with Crippen LogP contribution in [0.2, 0.25) is 0 Å². The molecule has 0 saturated carbocycles. The minimum Gasteiger partial charge on any atom is -0.492 e. The number of aromatic nitrogens is 3. The molecule has 0 aliphatic carbocycles. The van der Waals surface area contributed by atoms with Crippen LogP contribution in [0.1, 0.15) is 12.7 Å². The molecule has 8 heteroatoms. The van der Waals surface area contributed by atoms with Gasteiger partial charge < -0.3 is 19.9 Å². The van der Waals surface area contributed by atoms with Crippen LogP contribution in [0, 0.1) is 0 Å². The van der Waals surface area contributed by atoms with Crippen LogP contribution in [-0.2, 0) is 13.0 Å². The molecule has 0 aliphatic heterocycles. The van der Waals surface area contributed by atoms with E-state index in [4.69, 9.17) is 4.74 Å². The van der Waals surface area contributed by atoms with E-state index in [2.05, 4.69) is 48.7 Å². The summed E-state index contributed by atoms with van der Waals surface area (Å²) in [7, 11) is 1.75. The first kappa shape index (κ1) is 18.3. The summed E-state index contributed by atoms with van der Waals surface area (Å²) in [6.45, 7) is 4.84. The summed E-state index contributed by atoms with van der Waals surface area (Å²) < 4.78 is 8.72. The lowest BCUT2D eigenvalue weighted by atomic mass is 10.3. The van der Waals surface area contributed by atoms with Gasteiger partial charge in [0, 0.05) is 31.0 Å². The Bertz CT molecular complexity index is 658. The van der Waals surface area contributed by atoms with Crippen molar-refractivity contribution in [2.24, 2.45) is 4.99 Å². The SMILES string of the molecule is CCc1nncn1CCNC(=NC)NCCOc1cccc(Br)c1. The summed E-state index contributed by atoms with van der Waals surface area (Å²) in [5, 5.41) is 14.5. The topological polar surface area (TPSA) is 76.4 Å². The zero-order valence-electron chi connectivity index (χ0n) is 14.0. The van der Waals surface area contributed by atoms with Crippen molar-refractivity contribution < 1.29 is 4.74 Å². The number of aliphatic imine (C=N–C) groups is 1. The second-order valence-electron chi connectivity index (χ2n) is 5.03. The maximum atomic E-state index is 5.68. The van der Waals surface area contributed by atoms with Gasteiger partial charge in [0.1, 0.15) is 24.5 Å². The Hall–Kier alpha value is -2.09. The second kappa shape index (κ2) is 9.92. The second-order valence-corrected chi connectivity index (χ2v) is 5.94. The van der Waals surface area contributed by atoms with E-state index in [0.29, 0.717) is 13.2 Å². The van der Waals surface area contributed by atoms with E-state index >= 15 is 0 Å². The molecule has 7 nitrogen and oxygen atoms in total. The van der Waals surface area contributed by atoms with Crippen molar-refractivity contribution in [3.63, 3.8) is 0 Å². The van der Waals surface area contributed by atoms with Gasteiger partial charge >= 0.3 is 0 Å². The van der Waals surface area contributed by atoms with Crippen LogP contribution in [-0.4, -0.2) is 47.5 Å². The molecule has 1 aromatic carbocycles. The third-order valence-electron chi connectivity index (χ3n) is 3.34. The molecule has 0 amide bonds. The Morgan fingerprint density at radius 1 is 1.33 bits per heavy atom. The highest BCUT2D eigenvalue weighted by Crippen LogP contribution is 2.17. The molecule has 1 heterocycles. The molecule has 2 rings (SSSR count). The normalized spacial score (nSPS) is 11.4. The van der Waals surface area contributed by atoms with Crippen molar-refractivity contribution in [3.8, 4) is 5.75 Å². The first-order valence-corrected chi connectivity index (χ1v) is 8.71. The molecule has 0 spiro atoms. The highest BCUT2D eigenvalue weighted by atomic mass is 79.9. The van der Waals surface area contributed by atoms with Crippen LogP contribution in [0.5, 0.6) is 5.75 Å². The number of ether oxygens (including phenoxy) is 1. The monoisotopic (exact) mass is 394 g/mol. The lowest BCUT2D eigenvalue weighted by Gasteiger charge is -2.13. The first-order valence-electron chi connectivity index (χ1n) is 7.92. The molecule has 24 heavy (non-hydrogen) atoms. The van der Waals surface area contributed by atoms with Gasteiger partial charge in [0.05, 0.1) is 6.54 Å². The average molecular weight is 395 g/mol. The molecule has 130 valence electrons. The molecule has 1 aromatic heterocycles. The summed E-state index contributed by atoms with van der Waals surface area (Å²) in [6, 6.07) is 7.79. The number of rotatable bonds is 8. The third kappa shape index (κ3) is 5.84. The minimum atomic E-state index is 0.558. The van der Waals surface area contributed by atoms with Gasteiger partial charge in [0.25, 0.3) is 0 Å². The smallest absolute Gasteiger partial charge is 0.191 e. The summed E-state index contributed by atoms with van der Waals surface area (Å²) in [6.07, 6.45) is 2.63. The van der Waals surface area contributed by atoms with E-state index in [1.165, 1.54) is 0 Å². The summed E-state index contributed by atoms with van der Waals surface area (Å²) in [5.41, 5.74) is 0. The molecule has 0 unspecified atom stereocenters. The molecular weight excluding hydrogens is 372 g/mol. The van der Waals surface area contributed by atoms with Gasteiger partial charge in [-0.15, -0.1) is 10.2 Å². The fraction of sp³-hybridized carbons (Fsp3) is 0.438. The quantitative estimate of drug-likeness (QED) is 0.405. The van der Waals surface area contributed by atoms with Crippen molar-refractivity contribution in [1.82, 2.24) is 25.4 Å². The average Bonchev–Trinajstić information content (AvgIpc) is 3.04. The van der Waals surface area contributed by atoms with Gasteiger partial charge in [-0.2, -0.15) is 0 Å². The van der Waals surface area contributed by atoms with Crippen LogP contribution in [0.4, 0.5) is 0 Å². The number of benzene rings is 1. The first-order chi connectivity index (χ1) is 11.7. The van der Waals surface area contributed by atoms with Gasteiger partial charge in [0.15, 0.2) is 5.96 Å². The molecule has 0 atom stereocenters. The zero-order valence-corrected chi connectivity index (χ0v) is 15.6. The van der Waals surface area contributed by atoms with Crippen molar-refractivity contribution in [2.75, 3.05) is 26.7 Å². The van der Waals surface area contributed by atoms with Crippen molar-refractivity contribution in [2.45, 2.75) is 19.9 Å². The molecular formula is C16H23BrN6O. The Labute approximate surface area is 150 Å². The highest BCUT2D eigenvalue weighted by molar-refractivity contribution is 9.10. The Morgan fingerprint density at radius 2 is 2.17 bits per heavy atom. The predicted octanol–water partition coefficient (Wildman–Crippen LogP) is 1.85. The van der Waals surface area contributed by atoms with E-state index < -0.39 is 0 Å². The van der Waals surface area contributed by atoms with Crippen molar-refractivity contribution >= 4 is 21.9 Å². The number of halogens is 1. The number of nitrogens with zero attached hydrogens (tertiary/aromatic N) is 4.